The van der Waals surface area contributed by atoms with Crippen molar-refractivity contribution in [2.75, 3.05) is 39.8 Å². The zero-order chi connectivity index (χ0) is 13.0. The maximum atomic E-state index is 11.3. The van der Waals surface area contributed by atoms with Crippen molar-refractivity contribution < 1.29 is 9.53 Å². The second-order valence-electron chi connectivity index (χ2n) is 5.40. The molecule has 104 valence electrons. The third-order valence-corrected chi connectivity index (χ3v) is 4.21. The monoisotopic (exact) mass is 255 g/mol. The van der Waals surface area contributed by atoms with E-state index in [4.69, 9.17) is 5.73 Å². The van der Waals surface area contributed by atoms with Crippen molar-refractivity contribution in [1.29, 1.82) is 0 Å². The fourth-order valence-corrected chi connectivity index (χ4v) is 3.08. The van der Waals surface area contributed by atoms with Crippen LogP contribution in [-0.4, -0.2) is 67.7 Å². The summed E-state index contributed by atoms with van der Waals surface area (Å²) in [5.74, 6) is -0.312. The van der Waals surface area contributed by atoms with E-state index in [1.807, 2.05) is 0 Å². The zero-order valence-electron chi connectivity index (χ0n) is 11.3. The van der Waals surface area contributed by atoms with Crippen molar-refractivity contribution in [3.05, 3.63) is 0 Å². The maximum absolute atomic E-state index is 11.3. The van der Waals surface area contributed by atoms with Gasteiger partial charge in [-0.1, -0.05) is 12.8 Å². The van der Waals surface area contributed by atoms with Crippen molar-refractivity contribution >= 4 is 5.97 Å². The maximum Gasteiger partial charge on any atom is 0.323 e. The lowest BCUT2D eigenvalue weighted by Gasteiger charge is -2.38. The van der Waals surface area contributed by atoms with Crippen LogP contribution in [0.2, 0.25) is 0 Å². The number of rotatable bonds is 4. The van der Waals surface area contributed by atoms with Crippen LogP contribution < -0.4 is 5.73 Å². The van der Waals surface area contributed by atoms with Gasteiger partial charge >= 0.3 is 5.97 Å². The molecule has 1 saturated heterocycles. The van der Waals surface area contributed by atoms with Gasteiger partial charge in [0.05, 0.1) is 7.11 Å². The number of hydrogen-bond acceptors (Lipinski definition) is 5. The summed E-state index contributed by atoms with van der Waals surface area (Å²) in [5.41, 5.74) is 5.79. The van der Waals surface area contributed by atoms with Crippen molar-refractivity contribution in [1.82, 2.24) is 9.80 Å². The molecule has 0 bridgehead atoms. The SMILES string of the molecule is COC(=O)C(N)CN1CCN(C2CCCC2)CC1. The Hall–Kier alpha value is -0.650. The summed E-state index contributed by atoms with van der Waals surface area (Å²) >= 11 is 0. The van der Waals surface area contributed by atoms with Gasteiger partial charge < -0.3 is 10.5 Å². The first-order chi connectivity index (χ1) is 8.70. The third-order valence-electron chi connectivity index (χ3n) is 4.21. The average Bonchev–Trinajstić information content (AvgIpc) is 2.92. The van der Waals surface area contributed by atoms with E-state index in [1.165, 1.54) is 32.8 Å². The molecule has 1 heterocycles. The number of carbonyl (C=O) groups excluding carboxylic acids is 1. The molecule has 1 aliphatic heterocycles. The minimum absolute atomic E-state index is 0.312. The van der Waals surface area contributed by atoms with E-state index in [2.05, 4.69) is 14.5 Å². The minimum Gasteiger partial charge on any atom is -0.468 e. The molecule has 5 nitrogen and oxygen atoms in total. The standard InChI is InChI=1S/C13H25N3O2/c1-18-13(17)12(14)10-15-6-8-16(9-7-15)11-4-2-3-5-11/h11-12H,2-10,14H2,1H3. The van der Waals surface area contributed by atoms with Crippen molar-refractivity contribution in [2.24, 2.45) is 5.73 Å². The van der Waals surface area contributed by atoms with Crippen LogP contribution in [-0.2, 0) is 9.53 Å². The number of methoxy groups -OCH3 is 1. The Morgan fingerprint density at radius 3 is 2.44 bits per heavy atom. The van der Waals surface area contributed by atoms with Gasteiger partial charge in [-0.05, 0) is 12.8 Å². The first-order valence-corrected chi connectivity index (χ1v) is 7.00. The van der Waals surface area contributed by atoms with Crippen molar-refractivity contribution in [3.8, 4) is 0 Å². The largest absolute Gasteiger partial charge is 0.468 e. The van der Waals surface area contributed by atoms with Gasteiger partial charge in [-0.3, -0.25) is 14.6 Å². The van der Waals surface area contributed by atoms with E-state index >= 15 is 0 Å². The Kier molecular flexibility index (Phi) is 4.97. The molecular formula is C13H25N3O2. The van der Waals surface area contributed by atoms with E-state index in [0.29, 0.717) is 6.54 Å². The van der Waals surface area contributed by atoms with E-state index in [0.717, 1.165) is 32.2 Å². The second kappa shape index (κ2) is 6.50. The number of carbonyl (C=O) groups is 1. The Bertz CT molecular complexity index is 271. The van der Waals surface area contributed by atoms with Gasteiger partial charge in [-0.2, -0.15) is 0 Å². The van der Waals surface area contributed by atoms with Crippen LogP contribution >= 0.6 is 0 Å². The molecule has 0 aromatic carbocycles. The van der Waals surface area contributed by atoms with Gasteiger partial charge in [-0.15, -0.1) is 0 Å². The number of ether oxygens (including phenoxy) is 1. The van der Waals surface area contributed by atoms with E-state index in [1.54, 1.807) is 0 Å². The summed E-state index contributed by atoms with van der Waals surface area (Å²) in [6, 6.07) is 0.300. The number of hydrogen-bond donors (Lipinski definition) is 1. The third kappa shape index (κ3) is 3.43. The first kappa shape index (κ1) is 13.8. The minimum atomic E-state index is -0.506. The predicted molar refractivity (Wildman–Crippen MR) is 70.3 cm³/mol. The van der Waals surface area contributed by atoms with Gasteiger partial charge in [-0.25, -0.2) is 0 Å². The van der Waals surface area contributed by atoms with Crippen molar-refractivity contribution in [2.45, 2.75) is 37.8 Å². The normalized spacial score (nSPS) is 25.2. The molecule has 0 spiro atoms. The molecule has 2 fully saturated rings. The fraction of sp³-hybridized carbons (Fsp3) is 0.923. The highest BCUT2D eigenvalue weighted by Crippen LogP contribution is 2.24. The van der Waals surface area contributed by atoms with Crippen LogP contribution in [0.5, 0.6) is 0 Å². The van der Waals surface area contributed by atoms with Gasteiger partial charge in [0, 0.05) is 38.8 Å². The number of piperazine rings is 1. The van der Waals surface area contributed by atoms with E-state index in [9.17, 15) is 4.79 Å². The highest BCUT2D eigenvalue weighted by molar-refractivity contribution is 5.75. The molecule has 0 aromatic heterocycles. The molecular weight excluding hydrogens is 230 g/mol. The van der Waals surface area contributed by atoms with Crippen LogP contribution in [0.1, 0.15) is 25.7 Å². The molecule has 1 saturated carbocycles. The molecule has 1 unspecified atom stereocenters. The summed E-state index contributed by atoms with van der Waals surface area (Å²) in [4.78, 5) is 16.1. The number of nitrogens with zero attached hydrogens (tertiary/aromatic N) is 2. The fourth-order valence-electron chi connectivity index (χ4n) is 3.08. The molecule has 2 rings (SSSR count). The number of nitrogens with two attached hydrogens (primary N) is 1. The Labute approximate surface area is 109 Å². The summed E-state index contributed by atoms with van der Waals surface area (Å²) in [7, 11) is 1.39. The Balaban J connectivity index is 1.71. The summed E-state index contributed by atoms with van der Waals surface area (Å²) in [6.07, 6.45) is 5.50. The van der Waals surface area contributed by atoms with Crippen LogP contribution in [0.15, 0.2) is 0 Å². The summed E-state index contributed by atoms with van der Waals surface area (Å²) in [5, 5.41) is 0. The number of esters is 1. The summed E-state index contributed by atoms with van der Waals surface area (Å²) in [6.45, 7) is 4.87. The highest BCUT2D eigenvalue weighted by Gasteiger charge is 2.27. The molecule has 1 aliphatic carbocycles. The van der Waals surface area contributed by atoms with Gasteiger partial charge in [0.2, 0.25) is 0 Å². The summed E-state index contributed by atoms with van der Waals surface area (Å²) < 4.78 is 4.65. The van der Waals surface area contributed by atoms with Crippen LogP contribution in [0, 0.1) is 0 Å². The molecule has 5 heteroatoms. The highest BCUT2D eigenvalue weighted by atomic mass is 16.5. The first-order valence-electron chi connectivity index (χ1n) is 7.00. The molecule has 2 N–H and O–H groups in total. The molecule has 0 amide bonds. The van der Waals surface area contributed by atoms with Crippen molar-refractivity contribution in [3.63, 3.8) is 0 Å². The lowest BCUT2D eigenvalue weighted by molar-refractivity contribution is -0.142. The lowest BCUT2D eigenvalue weighted by Crippen LogP contribution is -2.53. The van der Waals surface area contributed by atoms with Crippen LogP contribution in [0.25, 0.3) is 0 Å². The van der Waals surface area contributed by atoms with Gasteiger partial charge in [0.1, 0.15) is 6.04 Å². The van der Waals surface area contributed by atoms with Gasteiger partial charge in [0.15, 0.2) is 0 Å². The molecule has 0 radical (unpaired) electrons. The molecule has 2 aliphatic rings. The van der Waals surface area contributed by atoms with Gasteiger partial charge in [0.25, 0.3) is 0 Å². The Morgan fingerprint density at radius 2 is 1.89 bits per heavy atom. The van der Waals surface area contributed by atoms with E-state index < -0.39 is 6.04 Å². The molecule has 0 aromatic rings. The zero-order valence-corrected chi connectivity index (χ0v) is 11.3. The quantitative estimate of drug-likeness (QED) is 0.719. The second-order valence-corrected chi connectivity index (χ2v) is 5.40. The molecule has 1 atom stereocenters. The Morgan fingerprint density at radius 1 is 1.28 bits per heavy atom. The lowest BCUT2D eigenvalue weighted by atomic mass is 10.1. The average molecular weight is 255 g/mol. The topological polar surface area (TPSA) is 58.8 Å². The smallest absolute Gasteiger partial charge is 0.323 e. The molecule has 18 heavy (non-hydrogen) atoms. The predicted octanol–water partition coefficient (Wildman–Crippen LogP) is 0.0469. The van der Waals surface area contributed by atoms with E-state index in [-0.39, 0.29) is 5.97 Å². The van der Waals surface area contributed by atoms with Crippen LogP contribution in [0.3, 0.4) is 0 Å². The van der Waals surface area contributed by atoms with Crippen LogP contribution in [0.4, 0.5) is 0 Å².